The van der Waals surface area contributed by atoms with Gasteiger partial charge in [-0.05, 0) is 57.1 Å². The number of benzene rings is 1. The molecule has 3 N–H and O–H groups in total. The fourth-order valence-corrected chi connectivity index (χ4v) is 4.52. The highest BCUT2D eigenvalue weighted by Gasteiger charge is 2.33. The summed E-state index contributed by atoms with van der Waals surface area (Å²) in [6.45, 7) is 6.04. The highest BCUT2D eigenvalue weighted by atomic mass is 16.5. The van der Waals surface area contributed by atoms with E-state index in [1.54, 1.807) is 7.11 Å². The predicted octanol–water partition coefficient (Wildman–Crippen LogP) is 2.38. The van der Waals surface area contributed by atoms with Gasteiger partial charge in [-0.15, -0.1) is 0 Å². The Balaban J connectivity index is 1.35. The quantitative estimate of drug-likeness (QED) is 0.666. The number of H-pyrrole nitrogens is 1. The van der Waals surface area contributed by atoms with Gasteiger partial charge in [-0.2, -0.15) is 5.10 Å². The number of β-amino-alcohol motifs (C(OH)–C–C–N with tert-alkyl or cyclic N) is 1. The smallest absolute Gasteiger partial charge is 0.118 e. The van der Waals surface area contributed by atoms with Gasteiger partial charge in [0.1, 0.15) is 11.9 Å². The highest BCUT2D eigenvalue weighted by Crippen LogP contribution is 2.30. The summed E-state index contributed by atoms with van der Waals surface area (Å²) in [5.41, 5.74) is 4.66. The monoisotopic (exact) mass is 397 g/mol. The number of aromatic nitrogens is 2. The maximum absolute atomic E-state index is 9.37. The Hall–Kier alpha value is -2.51. The number of nitrogens with one attached hydrogen (secondary N) is 2. The molecule has 4 rings (SSSR count). The van der Waals surface area contributed by atoms with E-state index in [4.69, 9.17) is 4.74 Å². The third-order valence-corrected chi connectivity index (χ3v) is 6.16. The number of piperidine rings is 1. The molecule has 1 fully saturated rings. The number of hydrogen-bond donors (Lipinski definition) is 3. The van der Waals surface area contributed by atoms with E-state index < -0.39 is 0 Å². The van der Waals surface area contributed by atoms with Gasteiger partial charge in [0, 0.05) is 42.0 Å². The molecule has 1 aromatic carbocycles. The van der Waals surface area contributed by atoms with Crippen LogP contribution < -0.4 is 10.1 Å². The van der Waals surface area contributed by atoms with E-state index in [1.807, 2.05) is 18.3 Å². The Bertz CT molecular complexity index is 824. The van der Waals surface area contributed by atoms with Crippen molar-refractivity contribution >= 4 is 0 Å². The molecule has 3 heterocycles. The van der Waals surface area contributed by atoms with Crippen molar-refractivity contribution < 1.29 is 9.84 Å². The molecule has 0 spiro atoms. The van der Waals surface area contributed by atoms with E-state index in [9.17, 15) is 5.11 Å². The van der Waals surface area contributed by atoms with Crippen molar-refractivity contribution in [1.82, 2.24) is 25.3 Å². The number of hydrogen-bond acceptors (Lipinski definition) is 6. The van der Waals surface area contributed by atoms with Gasteiger partial charge in [-0.25, -0.2) is 0 Å². The summed E-state index contributed by atoms with van der Waals surface area (Å²) in [5.74, 6) is 1.45. The number of methoxy groups -OCH3 is 1. The molecule has 0 radical (unpaired) electrons. The van der Waals surface area contributed by atoms with Gasteiger partial charge in [0.25, 0.3) is 0 Å². The normalized spacial score (nSPS) is 20.6. The first-order valence-corrected chi connectivity index (χ1v) is 10.4. The average molecular weight is 398 g/mol. The summed E-state index contributed by atoms with van der Waals surface area (Å²) in [4.78, 5) is 4.82. The number of aliphatic hydroxyl groups is 1. The Morgan fingerprint density at radius 1 is 1.21 bits per heavy atom. The number of aromatic amines is 1. The molecule has 2 aromatic rings. The molecule has 2 aliphatic heterocycles. The van der Waals surface area contributed by atoms with E-state index in [2.05, 4.69) is 50.6 Å². The summed E-state index contributed by atoms with van der Waals surface area (Å²) in [6, 6.07) is 8.10. The van der Waals surface area contributed by atoms with E-state index in [1.165, 1.54) is 11.3 Å². The van der Waals surface area contributed by atoms with Crippen molar-refractivity contribution in [1.29, 1.82) is 0 Å². The molecule has 0 amide bonds. The first-order chi connectivity index (χ1) is 14.2. The first-order valence-electron chi connectivity index (χ1n) is 10.4. The second-order valence-electron chi connectivity index (χ2n) is 7.93. The van der Waals surface area contributed by atoms with E-state index in [0.29, 0.717) is 18.6 Å². The molecular weight excluding hydrogens is 366 g/mol. The van der Waals surface area contributed by atoms with Gasteiger partial charge in [0.05, 0.1) is 25.6 Å². The lowest BCUT2D eigenvalue weighted by Crippen LogP contribution is -2.48. The average Bonchev–Trinajstić information content (AvgIpc) is 3.36. The van der Waals surface area contributed by atoms with Gasteiger partial charge in [-0.1, -0.05) is 0 Å². The predicted molar refractivity (Wildman–Crippen MR) is 113 cm³/mol. The van der Waals surface area contributed by atoms with Crippen LogP contribution in [0.3, 0.4) is 0 Å². The van der Waals surface area contributed by atoms with Gasteiger partial charge >= 0.3 is 0 Å². The van der Waals surface area contributed by atoms with Crippen LogP contribution in [0.5, 0.6) is 5.75 Å². The molecule has 1 unspecified atom stereocenters. The van der Waals surface area contributed by atoms with E-state index in [0.717, 1.165) is 49.5 Å². The summed E-state index contributed by atoms with van der Waals surface area (Å²) in [7, 11) is 1.68. The van der Waals surface area contributed by atoms with Crippen molar-refractivity contribution in [3.05, 3.63) is 47.9 Å². The van der Waals surface area contributed by atoms with Crippen LogP contribution in [-0.2, 0) is 6.54 Å². The van der Waals surface area contributed by atoms with Crippen LogP contribution in [0.15, 0.2) is 42.4 Å². The zero-order valence-corrected chi connectivity index (χ0v) is 17.3. The lowest BCUT2D eigenvalue weighted by atomic mass is 9.92. The molecule has 2 aliphatic rings. The summed E-state index contributed by atoms with van der Waals surface area (Å²) in [5, 5.41) is 20.4. The molecule has 1 atom stereocenters. The van der Waals surface area contributed by atoms with Crippen molar-refractivity contribution in [2.24, 2.45) is 5.92 Å². The van der Waals surface area contributed by atoms with Gasteiger partial charge < -0.3 is 20.1 Å². The van der Waals surface area contributed by atoms with Crippen molar-refractivity contribution in [2.45, 2.75) is 32.5 Å². The Kier molecular flexibility index (Phi) is 6.06. The van der Waals surface area contributed by atoms with Gasteiger partial charge in [0.2, 0.25) is 0 Å². The number of allylic oxidation sites excluding steroid dienone is 1. The summed E-state index contributed by atoms with van der Waals surface area (Å²) < 4.78 is 5.26. The van der Waals surface area contributed by atoms with E-state index >= 15 is 0 Å². The van der Waals surface area contributed by atoms with Crippen LogP contribution >= 0.6 is 0 Å². The molecule has 156 valence electrons. The summed E-state index contributed by atoms with van der Waals surface area (Å²) in [6.07, 6.45) is 6.64. The van der Waals surface area contributed by atoms with Crippen LogP contribution in [-0.4, -0.2) is 64.6 Å². The molecule has 0 aliphatic carbocycles. The maximum atomic E-state index is 9.37. The number of rotatable bonds is 7. The van der Waals surface area contributed by atoms with Crippen molar-refractivity contribution in [3.63, 3.8) is 0 Å². The first kappa shape index (κ1) is 19.8. The number of aliphatic hydroxyl groups excluding tert-OH is 1. The standard InChI is InChI=1S/C22H31N5O2/c1-16-13-23-22(27(16)11-12-28)18-7-9-26(10-8-18)15-19-14-24-25-21(19)17-3-5-20(29-2)6-4-17/h3-6,13-14,18,22-23,28H,7-12,15H2,1-2H3,(H,24,25). The van der Waals surface area contributed by atoms with Crippen molar-refractivity contribution in [3.8, 4) is 17.0 Å². The second-order valence-corrected chi connectivity index (χ2v) is 7.93. The van der Waals surface area contributed by atoms with Crippen molar-refractivity contribution in [2.75, 3.05) is 33.4 Å². The molecule has 1 aromatic heterocycles. The fraction of sp³-hybridized carbons (Fsp3) is 0.500. The zero-order valence-electron chi connectivity index (χ0n) is 17.3. The third kappa shape index (κ3) is 4.26. The maximum Gasteiger partial charge on any atom is 0.118 e. The SMILES string of the molecule is COc1ccc(-c2[nH]ncc2CN2CCC(C3NC=C(C)N3CCO)CC2)cc1. The number of nitrogens with zero attached hydrogens (tertiary/aromatic N) is 3. The molecular formula is C22H31N5O2. The lowest BCUT2D eigenvalue weighted by Gasteiger charge is -2.39. The number of ether oxygens (including phenoxy) is 1. The topological polar surface area (TPSA) is 76.7 Å². The number of likely N-dealkylation sites (tertiary alicyclic amines) is 1. The minimum atomic E-state index is 0.191. The largest absolute Gasteiger partial charge is 0.497 e. The Morgan fingerprint density at radius 2 is 1.97 bits per heavy atom. The van der Waals surface area contributed by atoms with Crippen LogP contribution in [0.4, 0.5) is 0 Å². The Labute approximate surface area is 172 Å². The molecule has 7 nitrogen and oxygen atoms in total. The lowest BCUT2D eigenvalue weighted by molar-refractivity contribution is 0.0935. The highest BCUT2D eigenvalue weighted by molar-refractivity contribution is 5.63. The molecule has 0 bridgehead atoms. The zero-order chi connectivity index (χ0) is 20.2. The van der Waals surface area contributed by atoms with Crippen LogP contribution in [0.2, 0.25) is 0 Å². The second kappa shape index (κ2) is 8.88. The molecule has 29 heavy (non-hydrogen) atoms. The van der Waals surface area contributed by atoms with E-state index in [-0.39, 0.29) is 6.61 Å². The van der Waals surface area contributed by atoms with Crippen LogP contribution in [0.25, 0.3) is 11.3 Å². The Morgan fingerprint density at radius 3 is 2.66 bits per heavy atom. The molecule has 1 saturated heterocycles. The minimum absolute atomic E-state index is 0.191. The van der Waals surface area contributed by atoms with Crippen LogP contribution in [0, 0.1) is 5.92 Å². The third-order valence-electron chi connectivity index (χ3n) is 6.16. The summed E-state index contributed by atoms with van der Waals surface area (Å²) >= 11 is 0. The molecule has 0 saturated carbocycles. The van der Waals surface area contributed by atoms with Crippen LogP contribution in [0.1, 0.15) is 25.3 Å². The van der Waals surface area contributed by atoms with Gasteiger partial charge in [0.15, 0.2) is 0 Å². The fourth-order valence-electron chi connectivity index (χ4n) is 4.52. The molecule has 7 heteroatoms. The van der Waals surface area contributed by atoms with Gasteiger partial charge in [-0.3, -0.25) is 10.00 Å². The minimum Gasteiger partial charge on any atom is -0.497 e.